The van der Waals surface area contributed by atoms with E-state index in [0.29, 0.717) is 25.9 Å². The second-order valence-corrected chi connectivity index (χ2v) is 4.59. The van der Waals surface area contributed by atoms with Crippen LogP contribution in [0.4, 0.5) is 0 Å². The molecule has 1 aliphatic rings. The average molecular weight is 273 g/mol. The van der Waals surface area contributed by atoms with Gasteiger partial charge in [-0.3, -0.25) is 14.5 Å². The minimum atomic E-state index is -0.240. The molecule has 0 N–H and O–H groups in total. The molecule has 0 radical (unpaired) electrons. The maximum Gasteiger partial charge on any atom is 0.306 e. The Labute approximate surface area is 114 Å². The fourth-order valence-electron chi connectivity index (χ4n) is 2.07. The van der Waals surface area contributed by atoms with Gasteiger partial charge in [0.05, 0.1) is 33.2 Å². The first-order valence-electron chi connectivity index (χ1n) is 6.63. The molecule has 0 spiro atoms. The Hall–Kier alpha value is -1.14. The number of carbonyl (C=O) groups excluding carboxylic acids is 2. The third kappa shape index (κ3) is 6.54. The highest BCUT2D eigenvalue weighted by Crippen LogP contribution is 2.13. The number of hydrogen-bond donors (Lipinski definition) is 0. The Balaban J connectivity index is 2.36. The summed E-state index contributed by atoms with van der Waals surface area (Å²) < 4.78 is 14.8. The molecule has 1 rings (SSSR count). The van der Waals surface area contributed by atoms with Crippen molar-refractivity contribution in [1.29, 1.82) is 0 Å². The van der Waals surface area contributed by atoms with E-state index in [9.17, 15) is 9.59 Å². The van der Waals surface area contributed by atoms with E-state index < -0.39 is 0 Å². The number of ether oxygens (including phenoxy) is 3. The topological polar surface area (TPSA) is 65.1 Å². The summed E-state index contributed by atoms with van der Waals surface area (Å²) in [7, 11) is 2.75. The maximum absolute atomic E-state index is 11.2. The van der Waals surface area contributed by atoms with Crippen molar-refractivity contribution in [2.24, 2.45) is 0 Å². The van der Waals surface area contributed by atoms with Crippen LogP contribution in [0.15, 0.2) is 0 Å². The zero-order valence-electron chi connectivity index (χ0n) is 11.7. The molecule has 1 heterocycles. The number of rotatable bonds is 8. The first-order chi connectivity index (χ1) is 9.15. The van der Waals surface area contributed by atoms with E-state index in [4.69, 9.17) is 4.74 Å². The van der Waals surface area contributed by atoms with Crippen molar-refractivity contribution in [2.45, 2.75) is 31.8 Å². The lowest BCUT2D eigenvalue weighted by atomic mass is 10.2. The van der Waals surface area contributed by atoms with Gasteiger partial charge in [0.1, 0.15) is 0 Å². The second kappa shape index (κ2) is 8.87. The summed E-state index contributed by atoms with van der Waals surface area (Å²) in [6.45, 7) is 2.69. The van der Waals surface area contributed by atoms with E-state index in [1.807, 2.05) is 0 Å². The Morgan fingerprint density at radius 2 is 1.74 bits per heavy atom. The van der Waals surface area contributed by atoms with Crippen LogP contribution >= 0.6 is 0 Å². The Kier molecular flexibility index (Phi) is 7.43. The highest BCUT2D eigenvalue weighted by Gasteiger charge is 2.20. The Bertz CT molecular complexity index is 269. The summed E-state index contributed by atoms with van der Waals surface area (Å²) in [6, 6.07) is 0. The molecular weight excluding hydrogens is 250 g/mol. The predicted octanol–water partition coefficient (Wildman–Crippen LogP) is 0.594. The van der Waals surface area contributed by atoms with Gasteiger partial charge in [-0.25, -0.2) is 0 Å². The second-order valence-electron chi connectivity index (χ2n) is 4.59. The van der Waals surface area contributed by atoms with Gasteiger partial charge >= 0.3 is 11.9 Å². The summed E-state index contributed by atoms with van der Waals surface area (Å²) >= 11 is 0. The molecule has 0 aliphatic carbocycles. The minimum Gasteiger partial charge on any atom is -0.469 e. The quantitative estimate of drug-likeness (QED) is 0.603. The summed E-state index contributed by atoms with van der Waals surface area (Å²) in [4.78, 5) is 24.4. The lowest BCUT2D eigenvalue weighted by Gasteiger charge is -2.24. The summed E-state index contributed by atoms with van der Waals surface area (Å²) in [6.07, 6.45) is 2.96. The predicted molar refractivity (Wildman–Crippen MR) is 68.7 cm³/mol. The molecule has 0 bridgehead atoms. The normalized spacial score (nSPS) is 18.6. The third-order valence-corrected chi connectivity index (χ3v) is 3.21. The fourth-order valence-corrected chi connectivity index (χ4v) is 2.07. The molecule has 0 aromatic carbocycles. The molecule has 1 saturated heterocycles. The number of methoxy groups -OCH3 is 2. The highest BCUT2D eigenvalue weighted by molar-refractivity contribution is 5.70. The van der Waals surface area contributed by atoms with Crippen LogP contribution in [0.2, 0.25) is 0 Å². The fraction of sp³-hybridized carbons (Fsp3) is 0.846. The van der Waals surface area contributed by atoms with Gasteiger partial charge in [-0.05, 0) is 12.8 Å². The lowest BCUT2D eigenvalue weighted by Crippen LogP contribution is -2.35. The Morgan fingerprint density at radius 3 is 2.16 bits per heavy atom. The van der Waals surface area contributed by atoms with E-state index in [0.717, 1.165) is 26.0 Å². The van der Waals surface area contributed by atoms with Crippen molar-refractivity contribution in [3.8, 4) is 0 Å². The molecule has 19 heavy (non-hydrogen) atoms. The zero-order chi connectivity index (χ0) is 14.1. The van der Waals surface area contributed by atoms with Gasteiger partial charge in [-0.2, -0.15) is 0 Å². The van der Waals surface area contributed by atoms with Crippen molar-refractivity contribution in [1.82, 2.24) is 4.90 Å². The highest BCUT2D eigenvalue weighted by atomic mass is 16.5. The van der Waals surface area contributed by atoms with Gasteiger partial charge in [0, 0.05) is 26.2 Å². The molecule has 0 aromatic rings. The van der Waals surface area contributed by atoms with Crippen molar-refractivity contribution < 1.29 is 23.8 Å². The summed E-state index contributed by atoms with van der Waals surface area (Å²) in [5.74, 6) is -0.481. The maximum atomic E-state index is 11.2. The largest absolute Gasteiger partial charge is 0.469 e. The van der Waals surface area contributed by atoms with Gasteiger partial charge in [-0.15, -0.1) is 0 Å². The summed E-state index contributed by atoms with van der Waals surface area (Å²) in [5.41, 5.74) is 0. The molecule has 0 aromatic heterocycles. The number of hydrogen-bond acceptors (Lipinski definition) is 6. The van der Waals surface area contributed by atoms with Crippen LogP contribution in [0, 0.1) is 0 Å². The van der Waals surface area contributed by atoms with Crippen molar-refractivity contribution in [3.05, 3.63) is 0 Å². The van der Waals surface area contributed by atoms with Gasteiger partial charge in [0.25, 0.3) is 0 Å². The van der Waals surface area contributed by atoms with Crippen LogP contribution in [0.1, 0.15) is 25.7 Å². The van der Waals surface area contributed by atoms with E-state index in [-0.39, 0.29) is 18.0 Å². The summed E-state index contributed by atoms with van der Waals surface area (Å²) in [5, 5.41) is 0. The zero-order valence-corrected chi connectivity index (χ0v) is 11.7. The van der Waals surface area contributed by atoms with E-state index in [1.165, 1.54) is 14.2 Å². The van der Waals surface area contributed by atoms with Gasteiger partial charge < -0.3 is 14.2 Å². The van der Waals surface area contributed by atoms with Crippen molar-refractivity contribution >= 4 is 11.9 Å². The Morgan fingerprint density at radius 1 is 1.16 bits per heavy atom. The average Bonchev–Trinajstić information content (AvgIpc) is 2.93. The minimum absolute atomic E-state index is 0.204. The van der Waals surface area contributed by atoms with Gasteiger partial charge in [-0.1, -0.05) is 0 Å². The molecular formula is C13H23NO5. The van der Waals surface area contributed by atoms with Crippen LogP contribution in [0.25, 0.3) is 0 Å². The molecule has 1 aliphatic heterocycles. The molecule has 0 saturated carbocycles. The monoisotopic (exact) mass is 273 g/mol. The molecule has 6 heteroatoms. The van der Waals surface area contributed by atoms with Crippen molar-refractivity contribution in [3.63, 3.8) is 0 Å². The molecule has 1 fully saturated rings. The smallest absolute Gasteiger partial charge is 0.306 e. The SMILES string of the molecule is COC(=O)CCN(CCC(=O)OC)C[C@H]1CCCO1. The molecule has 110 valence electrons. The molecule has 1 atom stereocenters. The van der Waals surface area contributed by atoms with Crippen LogP contribution in [0.5, 0.6) is 0 Å². The van der Waals surface area contributed by atoms with Crippen LogP contribution in [0.3, 0.4) is 0 Å². The molecule has 6 nitrogen and oxygen atoms in total. The third-order valence-electron chi connectivity index (χ3n) is 3.21. The van der Waals surface area contributed by atoms with Crippen molar-refractivity contribution in [2.75, 3.05) is 40.5 Å². The molecule has 0 unspecified atom stereocenters. The van der Waals surface area contributed by atoms with Crippen LogP contribution in [-0.4, -0.2) is 63.4 Å². The number of esters is 2. The van der Waals surface area contributed by atoms with Gasteiger partial charge in [0.15, 0.2) is 0 Å². The lowest BCUT2D eigenvalue weighted by molar-refractivity contribution is -0.141. The van der Waals surface area contributed by atoms with E-state index in [2.05, 4.69) is 14.4 Å². The standard InChI is InChI=1S/C13H23NO5/c1-17-12(15)5-7-14(8-6-13(16)18-2)10-11-4-3-9-19-11/h11H,3-10H2,1-2H3/t11-/m1/s1. The number of carbonyl (C=O) groups is 2. The van der Waals surface area contributed by atoms with E-state index >= 15 is 0 Å². The first-order valence-corrected chi connectivity index (χ1v) is 6.63. The van der Waals surface area contributed by atoms with E-state index in [1.54, 1.807) is 0 Å². The first kappa shape index (κ1) is 15.9. The van der Waals surface area contributed by atoms with Crippen LogP contribution < -0.4 is 0 Å². The molecule has 0 amide bonds. The number of nitrogens with zero attached hydrogens (tertiary/aromatic N) is 1. The van der Waals surface area contributed by atoms with Crippen LogP contribution in [-0.2, 0) is 23.8 Å². The van der Waals surface area contributed by atoms with Gasteiger partial charge in [0.2, 0.25) is 0 Å².